The van der Waals surface area contributed by atoms with Gasteiger partial charge in [-0.15, -0.1) is 11.3 Å². The summed E-state index contributed by atoms with van der Waals surface area (Å²) in [7, 11) is 0. The highest BCUT2D eigenvalue weighted by Gasteiger charge is 2.32. The Morgan fingerprint density at radius 1 is 1.43 bits per heavy atom. The number of fused-ring (bicyclic) bond motifs is 1. The summed E-state index contributed by atoms with van der Waals surface area (Å²) < 4.78 is 29.5. The Balaban J connectivity index is 1.80. The molecule has 7 heteroatoms. The molecule has 1 amide bonds. The lowest BCUT2D eigenvalue weighted by Gasteiger charge is -2.14. The average Bonchev–Trinajstić information content (AvgIpc) is 3.06. The first kappa shape index (κ1) is 13.9. The fraction of sp³-hybridized carbons (Fsp3) is 0.286. The molecule has 0 saturated carbocycles. The van der Waals surface area contributed by atoms with E-state index in [0.29, 0.717) is 18.7 Å². The Morgan fingerprint density at radius 3 is 3.00 bits per heavy atom. The molecule has 3 rings (SSSR count). The highest BCUT2D eigenvalue weighted by Crippen LogP contribution is 2.30. The van der Waals surface area contributed by atoms with Crippen LogP contribution in [0, 0.1) is 0 Å². The van der Waals surface area contributed by atoms with E-state index in [-0.39, 0.29) is 11.8 Å². The van der Waals surface area contributed by atoms with Crippen molar-refractivity contribution in [3.63, 3.8) is 0 Å². The third kappa shape index (κ3) is 2.87. The molecule has 0 spiro atoms. The lowest BCUT2D eigenvalue weighted by Crippen LogP contribution is -2.23. The molecule has 0 N–H and O–H groups in total. The summed E-state index contributed by atoms with van der Waals surface area (Å²) in [5.41, 5.74) is 1.06. The van der Waals surface area contributed by atoms with E-state index in [4.69, 9.17) is 4.74 Å². The molecule has 2 aromatic heterocycles. The minimum Gasteiger partial charge on any atom is -0.471 e. The maximum absolute atomic E-state index is 12.4. The number of alkyl halides is 2. The maximum atomic E-state index is 12.4. The Morgan fingerprint density at radius 2 is 2.29 bits per heavy atom. The topological polar surface area (TPSA) is 42.4 Å². The van der Waals surface area contributed by atoms with Gasteiger partial charge in [-0.3, -0.25) is 4.79 Å². The lowest BCUT2D eigenvalue weighted by molar-refractivity contribution is 0.0720. The smallest absolute Gasteiger partial charge is 0.272 e. The number of thiophene rings is 1. The van der Waals surface area contributed by atoms with Crippen molar-refractivity contribution >= 4 is 17.2 Å². The predicted octanol–water partition coefficient (Wildman–Crippen LogP) is 2.94. The summed E-state index contributed by atoms with van der Waals surface area (Å²) in [5, 5.41) is 1.95. The van der Waals surface area contributed by atoms with Crippen LogP contribution in [0.25, 0.3) is 0 Å². The molecule has 110 valence electrons. The number of aromatic nitrogens is 1. The van der Waals surface area contributed by atoms with Crippen LogP contribution in [-0.4, -0.2) is 28.8 Å². The Bertz CT molecular complexity index is 646. The van der Waals surface area contributed by atoms with Crippen LogP contribution in [0.2, 0.25) is 0 Å². The molecular weight excluding hydrogens is 298 g/mol. The van der Waals surface area contributed by atoms with Gasteiger partial charge in [-0.1, -0.05) is 6.07 Å². The van der Waals surface area contributed by atoms with E-state index in [1.54, 1.807) is 22.3 Å². The number of rotatable bonds is 5. The van der Waals surface area contributed by atoms with Gasteiger partial charge < -0.3 is 9.64 Å². The normalized spacial score (nSPS) is 13.9. The van der Waals surface area contributed by atoms with Gasteiger partial charge in [0.2, 0.25) is 5.88 Å². The summed E-state index contributed by atoms with van der Waals surface area (Å²) in [6.07, 6.45) is -1.12. The summed E-state index contributed by atoms with van der Waals surface area (Å²) in [5.74, 6) is -0.234. The van der Waals surface area contributed by atoms with Gasteiger partial charge in [0, 0.05) is 17.6 Å². The summed E-state index contributed by atoms with van der Waals surface area (Å²) >= 11 is 1.57. The van der Waals surface area contributed by atoms with Gasteiger partial charge in [0.15, 0.2) is 6.61 Å². The molecule has 0 bridgehead atoms. The highest BCUT2D eigenvalue weighted by molar-refractivity contribution is 7.09. The van der Waals surface area contributed by atoms with Crippen molar-refractivity contribution in [1.82, 2.24) is 9.88 Å². The number of halogens is 2. The Kier molecular flexibility index (Phi) is 3.83. The fourth-order valence-electron chi connectivity index (χ4n) is 2.25. The molecule has 0 aromatic carbocycles. The van der Waals surface area contributed by atoms with Gasteiger partial charge in [-0.2, -0.15) is 0 Å². The average molecular weight is 310 g/mol. The molecule has 3 heterocycles. The fourth-order valence-corrected chi connectivity index (χ4v) is 2.97. The third-order valence-corrected chi connectivity index (χ3v) is 4.00. The van der Waals surface area contributed by atoms with E-state index in [1.165, 1.54) is 6.20 Å². The zero-order chi connectivity index (χ0) is 14.8. The first-order valence-corrected chi connectivity index (χ1v) is 7.23. The van der Waals surface area contributed by atoms with Crippen molar-refractivity contribution in [3.05, 3.63) is 45.8 Å². The predicted molar refractivity (Wildman–Crippen MR) is 73.6 cm³/mol. The van der Waals surface area contributed by atoms with E-state index in [0.717, 1.165) is 10.4 Å². The number of carbonyl (C=O) groups excluding carboxylic acids is 1. The van der Waals surface area contributed by atoms with E-state index < -0.39 is 13.0 Å². The van der Waals surface area contributed by atoms with Crippen molar-refractivity contribution in [3.8, 4) is 5.88 Å². The molecule has 2 aromatic rings. The van der Waals surface area contributed by atoms with Gasteiger partial charge >= 0.3 is 0 Å². The Hall–Kier alpha value is -2.02. The third-order valence-electron chi connectivity index (χ3n) is 3.14. The zero-order valence-electron chi connectivity index (χ0n) is 11.0. The minimum absolute atomic E-state index is 0.00789. The number of hydrogen-bond acceptors (Lipinski definition) is 4. The molecule has 0 fully saturated rings. The second-order valence-electron chi connectivity index (χ2n) is 4.59. The van der Waals surface area contributed by atoms with Gasteiger partial charge in [0.05, 0.1) is 6.54 Å². The van der Waals surface area contributed by atoms with Crippen molar-refractivity contribution in [2.45, 2.75) is 19.5 Å². The van der Waals surface area contributed by atoms with Gasteiger partial charge in [-0.05, 0) is 23.1 Å². The molecule has 0 aliphatic carbocycles. The maximum Gasteiger partial charge on any atom is 0.272 e. The minimum atomic E-state index is -2.60. The number of hydrogen-bond donors (Lipinski definition) is 0. The van der Waals surface area contributed by atoms with Crippen molar-refractivity contribution in [2.75, 3.05) is 6.61 Å². The first-order chi connectivity index (χ1) is 10.1. The number of nitrogens with zero attached hydrogens (tertiary/aromatic N) is 2. The quantitative estimate of drug-likeness (QED) is 0.853. The molecule has 0 radical (unpaired) electrons. The van der Waals surface area contributed by atoms with E-state index in [1.807, 2.05) is 17.5 Å². The second kappa shape index (κ2) is 5.77. The number of ether oxygens (including phenoxy) is 1. The standard InChI is InChI=1S/C14H12F2N2O2S/c15-11(16)8-20-13-12-9(3-4-17-13)6-18(14(12)19)7-10-2-1-5-21-10/h1-5,11H,6-8H2. The monoisotopic (exact) mass is 310 g/mol. The molecule has 1 aliphatic heterocycles. The summed E-state index contributed by atoms with van der Waals surface area (Å²) in [6.45, 7) is 0.181. The molecule has 0 unspecified atom stereocenters. The van der Waals surface area contributed by atoms with Crippen molar-refractivity contribution in [2.24, 2.45) is 0 Å². The molecule has 0 saturated heterocycles. The second-order valence-corrected chi connectivity index (χ2v) is 5.63. The van der Waals surface area contributed by atoms with Crippen LogP contribution in [0.5, 0.6) is 5.88 Å². The SMILES string of the molecule is O=C1c2c(ccnc2OCC(F)F)CN1Cc1cccs1. The van der Waals surface area contributed by atoms with Crippen LogP contribution in [0.1, 0.15) is 20.8 Å². The largest absolute Gasteiger partial charge is 0.471 e. The van der Waals surface area contributed by atoms with E-state index in [2.05, 4.69) is 4.98 Å². The number of amides is 1. The zero-order valence-corrected chi connectivity index (χ0v) is 11.8. The number of carbonyl (C=O) groups is 1. The molecule has 0 atom stereocenters. The van der Waals surface area contributed by atoms with Crippen LogP contribution in [-0.2, 0) is 13.1 Å². The lowest BCUT2D eigenvalue weighted by atomic mass is 10.2. The first-order valence-electron chi connectivity index (χ1n) is 6.35. The summed E-state index contributed by atoms with van der Waals surface area (Å²) in [4.78, 5) is 19.0. The molecular formula is C14H12F2N2O2S. The Labute approximate surface area is 124 Å². The van der Waals surface area contributed by atoms with Crippen LogP contribution in [0.15, 0.2) is 29.8 Å². The highest BCUT2D eigenvalue weighted by atomic mass is 32.1. The molecule has 1 aliphatic rings. The van der Waals surface area contributed by atoms with E-state index >= 15 is 0 Å². The van der Waals surface area contributed by atoms with E-state index in [9.17, 15) is 13.6 Å². The van der Waals surface area contributed by atoms with Crippen molar-refractivity contribution in [1.29, 1.82) is 0 Å². The molecule has 21 heavy (non-hydrogen) atoms. The van der Waals surface area contributed by atoms with Gasteiger partial charge in [-0.25, -0.2) is 13.8 Å². The summed E-state index contributed by atoms with van der Waals surface area (Å²) in [6, 6.07) is 5.59. The van der Waals surface area contributed by atoms with Gasteiger partial charge in [0.1, 0.15) is 5.56 Å². The molecule has 4 nitrogen and oxygen atoms in total. The van der Waals surface area contributed by atoms with Crippen LogP contribution in [0.3, 0.4) is 0 Å². The number of pyridine rings is 1. The van der Waals surface area contributed by atoms with Gasteiger partial charge in [0.25, 0.3) is 12.3 Å². The van der Waals surface area contributed by atoms with Crippen LogP contribution in [0.4, 0.5) is 8.78 Å². The van der Waals surface area contributed by atoms with Crippen LogP contribution >= 0.6 is 11.3 Å². The van der Waals surface area contributed by atoms with Crippen molar-refractivity contribution < 1.29 is 18.3 Å². The van der Waals surface area contributed by atoms with Crippen LogP contribution < -0.4 is 4.74 Å².